The van der Waals surface area contributed by atoms with Gasteiger partial charge >= 0.3 is 0 Å². The molecule has 0 atom stereocenters. The first-order valence-electron chi connectivity index (χ1n) is 10.8. The van der Waals surface area contributed by atoms with Crippen molar-refractivity contribution in [2.75, 3.05) is 38.2 Å². The standard InChI is InChI=1S/C21H27N5O5S2/c1-2-7-22-19(27)12-26-20(17-13-32-14-18(17)24-26)23-21(28)15-3-5-16(6-4-15)33(29,30)25-8-10-31-11-9-25/h3-6H,2,7-14H2,1H3,(H,22,27)(H,23,28). The maximum absolute atomic E-state index is 12.9. The number of amides is 2. The minimum absolute atomic E-state index is 0.0179. The van der Waals surface area contributed by atoms with E-state index in [0.717, 1.165) is 23.4 Å². The number of sulfonamides is 1. The van der Waals surface area contributed by atoms with E-state index in [1.165, 1.54) is 33.3 Å². The highest BCUT2D eigenvalue weighted by molar-refractivity contribution is 7.98. The van der Waals surface area contributed by atoms with Gasteiger partial charge in [0.25, 0.3) is 5.91 Å². The van der Waals surface area contributed by atoms with Crippen LogP contribution in [0.25, 0.3) is 0 Å². The molecule has 12 heteroatoms. The van der Waals surface area contributed by atoms with Crippen LogP contribution in [0.1, 0.15) is 35.0 Å². The van der Waals surface area contributed by atoms with Crippen LogP contribution in [0.4, 0.5) is 5.82 Å². The Labute approximate surface area is 197 Å². The normalized spacial score (nSPS) is 16.4. The molecule has 2 N–H and O–H groups in total. The molecule has 178 valence electrons. The number of ether oxygens (including phenoxy) is 1. The molecule has 4 rings (SSSR count). The molecule has 1 aromatic heterocycles. The zero-order chi connectivity index (χ0) is 23.4. The van der Waals surface area contributed by atoms with E-state index in [0.29, 0.717) is 50.0 Å². The van der Waals surface area contributed by atoms with Gasteiger partial charge in [-0.25, -0.2) is 13.1 Å². The molecule has 0 radical (unpaired) electrons. The van der Waals surface area contributed by atoms with Gasteiger partial charge in [0, 0.05) is 42.3 Å². The first kappa shape index (κ1) is 23.7. The molecular weight excluding hydrogens is 466 g/mol. The van der Waals surface area contributed by atoms with Crippen LogP contribution in [0.5, 0.6) is 0 Å². The fourth-order valence-corrected chi connectivity index (χ4v) is 6.11. The summed E-state index contributed by atoms with van der Waals surface area (Å²) < 4.78 is 33.7. The number of fused-ring (bicyclic) bond motifs is 1. The van der Waals surface area contributed by atoms with Crippen LogP contribution in [-0.2, 0) is 37.6 Å². The van der Waals surface area contributed by atoms with E-state index in [1.54, 1.807) is 11.8 Å². The van der Waals surface area contributed by atoms with Gasteiger partial charge in [0.2, 0.25) is 15.9 Å². The Morgan fingerprint density at radius 3 is 2.58 bits per heavy atom. The fourth-order valence-electron chi connectivity index (χ4n) is 3.67. The van der Waals surface area contributed by atoms with E-state index in [1.807, 2.05) is 6.92 Å². The van der Waals surface area contributed by atoms with Crippen molar-refractivity contribution in [3.63, 3.8) is 0 Å². The summed E-state index contributed by atoms with van der Waals surface area (Å²) >= 11 is 1.70. The Hall–Kier alpha value is -2.41. The number of benzene rings is 1. The van der Waals surface area contributed by atoms with Crippen LogP contribution in [0, 0.1) is 0 Å². The molecule has 0 saturated carbocycles. The van der Waals surface area contributed by atoms with E-state index >= 15 is 0 Å². The minimum atomic E-state index is -3.63. The lowest BCUT2D eigenvalue weighted by atomic mass is 10.2. The van der Waals surface area contributed by atoms with Gasteiger partial charge < -0.3 is 15.4 Å². The number of aromatic nitrogens is 2. The van der Waals surface area contributed by atoms with Crippen LogP contribution >= 0.6 is 11.8 Å². The fraction of sp³-hybridized carbons (Fsp3) is 0.476. The minimum Gasteiger partial charge on any atom is -0.379 e. The molecule has 2 aromatic rings. The van der Waals surface area contributed by atoms with Crippen LogP contribution < -0.4 is 10.6 Å². The average molecular weight is 494 g/mol. The number of hydrogen-bond acceptors (Lipinski definition) is 7. The lowest BCUT2D eigenvalue weighted by Crippen LogP contribution is -2.40. The van der Waals surface area contributed by atoms with E-state index in [9.17, 15) is 18.0 Å². The zero-order valence-corrected chi connectivity index (χ0v) is 20.0. The van der Waals surface area contributed by atoms with E-state index in [-0.39, 0.29) is 23.3 Å². The molecule has 2 aliphatic rings. The summed E-state index contributed by atoms with van der Waals surface area (Å²) in [5, 5.41) is 10.2. The first-order chi connectivity index (χ1) is 15.9. The van der Waals surface area contributed by atoms with Gasteiger partial charge in [-0.05, 0) is 30.7 Å². The highest BCUT2D eigenvalue weighted by Crippen LogP contribution is 2.35. The topological polar surface area (TPSA) is 123 Å². The summed E-state index contributed by atoms with van der Waals surface area (Å²) in [5.41, 5.74) is 2.10. The molecule has 1 saturated heterocycles. The molecule has 3 heterocycles. The summed E-state index contributed by atoms with van der Waals surface area (Å²) in [6.07, 6.45) is 0.832. The molecule has 1 fully saturated rings. The summed E-state index contributed by atoms with van der Waals surface area (Å²) in [4.78, 5) is 25.3. The van der Waals surface area contributed by atoms with Crippen LogP contribution in [-0.4, -0.2) is 67.2 Å². The van der Waals surface area contributed by atoms with Crippen molar-refractivity contribution in [2.45, 2.75) is 36.3 Å². The molecule has 2 amide bonds. The Kier molecular flexibility index (Phi) is 7.37. The lowest BCUT2D eigenvalue weighted by molar-refractivity contribution is -0.121. The number of carbonyl (C=O) groups excluding carboxylic acids is 2. The molecular formula is C21H27N5O5S2. The summed E-state index contributed by atoms with van der Waals surface area (Å²) in [6.45, 7) is 3.93. The first-order valence-corrected chi connectivity index (χ1v) is 13.4. The molecule has 33 heavy (non-hydrogen) atoms. The third-order valence-electron chi connectivity index (χ3n) is 5.44. The van der Waals surface area contributed by atoms with Gasteiger partial charge in [0.1, 0.15) is 12.4 Å². The van der Waals surface area contributed by atoms with Crippen molar-refractivity contribution < 1.29 is 22.7 Å². The van der Waals surface area contributed by atoms with Gasteiger partial charge in [-0.3, -0.25) is 9.59 Å². The summed E-state index contributed by atoms with van der Waals surface area (Å²) in [7, 11) is -3.63. The molecule has 0 bridgehead atoms. The molecule has 0 aliphatic carbocycles. The number of nitrogens with one attached hydrogen (secondary N) is 2. The highest BCUT2D eigenvalue weighted by atomic mass is 32.2. The number of hydrogen-bond donors (Lipinski definition) is 2. The predicted molar refractivity (Wildman–Crippen MR) is 124 cm³/mol. The lowest BCUT2D eigenvalue weighted by Gasteiger charge is -2.26. The van der Waals surface area contributed by atoms with Gasteiger partial charge in [0.15, 0.2) is 0 Å². The smallest absolute Gasteiger partial charge is 0.256 e. The van der Waals surface area contributed by atoms with Gasteiger partial charge in [-0.15, -0.1) is 0 Å². The monoisotopic (exact) mass is 493 g/mol. The number of nitrogens with zero attached hydrogens (tertiary/aromatic N) is 3. The Morgan fingerprint density at radius 1 is 1.15 bits per heavy atom. The average Bonchev–Trinajstić information content (AvgIpc) is 3.40. The van der Waals surface area contributed by atoms with Gasteiger partial charge in [-0.1, -0.05) is 6.92 Å². The largest absolute Gasteiger partial charge is 0.379 e. The molecule has 0 spiro atoms. The number of anilines is 1. The van der Waals surface area contributed by atoms with E-state index in [2.05, 4.69) is 15.7 Å². The maximum Gasteiger partial charge on any atom is 0.256 e. The van der Waals surface area contributed by atoms with Crippen LogP contribution in [0.2, 0.25) is 0 Å². The van der Waals surface area contributed by atoms with Crippen molar-refractivity contribution >= 4 is 39.4 Å². The van der Waals surface area contributed by atoms with Crippen LogP contribution in [0.3, 0.4) is 0 Å². The summed E-state index contributed by atoms with van der Waals surface area (Å²) in [6, 6.07) is 5.86. The quantitative estimate of drug-likeness (QED) is 0.570. The second-order valence-electron chi connectivity index (χ2n) is 7.77. The third kappa shape index (κ3) is 5.24. The predicted octanol–water partition coefficient (Wildman–Crippen LogP) is 1.43. The SMILES string of the molecule is CCCNC(=O)Cn1nc2c(c1NC(=O)c1ccc(S(=O)(=O)N3CCOCC3)cc1)CSC2. The van der Waals surface area contributed by atoms with Crippen molar-refractivity contribution in [1.29, 1.82) is 0 Å². The molecule has 2 aliphatic heterocycles. The van der Waals surface area contributed by atoms with Crippen molar-refractivity contribution in [1.82, 2.24) is 19.4 Å². The van der Waals surface area contributed by atoms with Gasteiger partial charge in [-0.2, -0.15) is 21.2 Å². The van der Waals surface area contributed by atoms with E-state index < -0.39 is 10.0 Å². The number of thioether (sulfide) groups is 1. The number of carbonyl (C=O) groups is 2. The third-order valence-corrected chi connectivity index (χ3v) is 8.32. The van der Waals surface area contributed by atoms with Crippen LogP contribution in [0.15, 0.2) is 29.2 Å². The second kappa shape index (κ2) is 10.2. The van der Waals surface area contributed by atoms with Crippen molar-refractivity contribution in [2.24, 2.45) is 0 Å². The number of rotatable bonds is 8. The number of morpholine rings is 1. The van der Waals surface area contributed by atoms with Gasteiger partial charge in [0.05, 0.1) is 23.8 Å². The summed E-state index contributed by atoms with van der Waals surface area (Å²) in [5.74, 6) is 1.39. The van der Waals surface area contributed by atoms with Crippen molar-refractivity contribution in [3.8, 4) is 0 Å². The Balaban J connectivity index is 1.50. The molecule has 10 nitrogen and oxygen atoms in total. The van der Waals surface area contributed by atoms with E-state index in [4.69, 9.17) is 4.74 Å². The Bertz CT molecular complexity index is 1120. The molecule has 1 aromatic carbocycles. The second-order valence-corrected chi connectivity index (χ2v) is 10.7. The highest BCUT2D eigenvalue weighted by Gasteiger charge is 2.27. The van der Waals surface area contributed by atoms with Crippen molar-refractivity contribution in [3.05, 3.63) is 41.1 Å². The Morgan fingerprint density at radius 2 is 1.88 bits per heavy atom. The maximum atomic E-state index is 12.9. The zero-order valence-electron chi connectivity index (χ0n) is 18.4. The molecule has 0 unspecified atom stereocenters.